The summed E-state index contributed by atoms with van der Waals surface area (Å²) in [5.41, 5.74) is 0. The molecule has 1 aromatic rings. The van der Waals surface area contributed by atoms with Gasteiger partial charge in [0.25, 0.3) is 5.95 Å². The van der Waals surface area contributed by atoms with Crippen LogP contribution in [0.1, 0.15) is 0 Å². The third-order valence-corrected chi connectivity index (χ3v) is 1.21. The molecular weight excluding hydrogens is 182 g/mol. The van der Waals surface area contributed by atoms with Crippen LogP contribution in [0.3, 0.4) is 0 Å². The zero-order chi connectivity index (χ0) is 8.97. The Morgan fingerprint density at radius 1 is 1.67 bits per heavy atom. The standard InChI is InChI=1S/C6H4ClN3O2/c1-12-5-2-4(7)9-6(10-5)8-3-11/h2H,1H3. The molecule has 0 radical (unpaired) electrons. The molecule has 0 fully saturated rings. The van der Waals surface area contributed by atoms with E-state index in [2.05, 4.69) is 15.0 Å². The maximum Gasteiger partial charge on any atom is 0.265 e. The molecule has 0 aromatic carbocycles. The van der Waals surface area contributed by atoms with Gasteiger partial charge in [0.15, 0.2) is 0 Å². The fraction of sp³-hybridized carbons (Fsp3) is 0.167. The van der Waals surface area contributed by atoms with Crippen molar-refractivity contribution in [2.24, 2.45) is 4.99 Å². The zero-order valence-corrected chi connectivity index (χ0v) is 6.87. The minimum absolute atomic E-state index is 0.0608. The average Bonchev–Trinajstić information content (AvgIpc) is 2.04. The Morgan fingerprint density at radius 2 is 2.42 bits per heavy atom. The third-order valence-electron chi connectivity index (χ3n) is 1.01. The normalized spacial score (nSPS) is 8.83. The smallest absolute Gasteiger partial charge is 0.265 e. The maximum atomic E-state index is 9.83. The van der Waals surface area contributed by atoms with Crippen LogP contribution in [0.4, 0.5) is 5.95 Å². The van der Waals surface area contributed by atoms with Crippen LogP contribution in [0.5, 0.6) is 5.88 Å². The van der Waals surface area contributed by atoms with Crippen molar-refractivity contribution >= 4 is 23.6 Å². The Hall–Kier alpha value is -1.45. The number of hydrogen-bond acceptors (Lipinski definition) is 5. The lowest BCUT2D eigenvalue weighted by Gasteiger charge is -1.97. The van der Waals surface area contributed by atoms with Crippen LogP contribution >= 0.6 is 11.6 Å². The fourth-order valence-corrected chi connectivity index (χ4v) is 0.750. The van der Waals surface area contributed by atoms with E-state index in [4.69, 9.17) is 16.3 Å². The monoisotopic (exact) mass is 185 g/mol. The number of methoxy groups -OCH3 is 1. The second kappa shape index (κ2) is 3.80. The molecule has 62 valence electrons. The molecule has 1 heterocycles. The van der Waals surface area contributed by atoms with Crippen LogP contribution < -0.4 is 4.74 Å². The second-order valence-corrected chi connectivity index (χ2v) is 2.12. The van der Waals surface area contributed by atoms with Crippen molar-refractivity contribution in [1.29, 1.82) is 0 Å². The van der Waals surface area contributed by atoms with Crippen molar-refractivity contribution in [2.45, 2.75) is 0 Å². The Labute approximate surface area is 73.1 Å². The molecule has 1 aromatic heterocycles. The van der Waals surface area contributed by atoms with E-state index in [1.165, 1.54) is 19.3 Å². The summed E-state index contributed by atoms with van der Waals surface area (Å²) in [6.45, 7) is 0. The molecule has 6 heteroatoms. The van der Waals surface area contributed by atoms with Crippen LogP contribution in [0, 0.1) is 0 Å². The number of aromatic nitrogens is 2. The number of ether oxygens (including phenoxy) is 1. The second-order valence-electron chi connectivity index (χ2n) is 1.74. The van der Waals surface area contributed by atoms with Gasteiger partial charge in [0.05, 0.1) is 7.11 Å². The third kappa shape index (κ3) is 2.02. The quantitative estimate of drug-likeness (QED) is 0.393. The molecule has 12 heavy (non-hydrogen) atoms. The largest absolute Gasteiger partial charge is 0.481 e. The van der Waals surface area contributed by atoms with Gasteiger partial charge in [0.1, 0.15) is 5.15 Å². The molecule has 0 aliphatic rings. The molecule has 0 aliphatic carbocycles. The maximum absolute atomic E-state index is 9.83. The number of aliphatic imine (C=N–C) groups is 1. The number of hydrogen-bond donors (Lipinski definition) is 0. The minimum Gasteiger partial charge on any atom is -0.481 e. The Morgan fingerprint density at radius 3 is 3.00 bits per heavy atom. The van der Waals surface area contributed by atoms with Gasteiger partial charge in [-0.15, -0.1) is 4.99 Å². The van der Waals surface area contributed by atoms with Gasteiger partial charge in [0.2, 0.25) is 12.0 Å². The molecule has 5 nitrogen and oxygen atoms in total. The van der Waals surface area contributed by atoms with Gasteiger partial charge in [-0.2, -0.15) is 9.97 Å². The highest BCUT2D eigenvalue weighted by Crippen LogP contribution is 2.16. The van der Waals surface area contributed by atoms with Gasteiger partial charge in [-0.05, 0) is 0 Å². The van der Waals surface area contributed by atoms with Gasteiger partial charge in [-0.1, -0.05) is 11.6 Å². The van der Waals surface area contributed by atoms with Crippen LogP contribution in [-0.4, -0.2) is 23.2 Å². The van der Waals surface area contributed by atoms with Crippen molar-refractivity contribution in [2.75, 3.05) is 7.11 Å². The lowest BCUT2D eigenvalue weighted by atomic mass is 10.6. The molecule has 0 bridgehead atoms. The average molecular weight is 186 g/mol. The van der Waals surface area contributed by atoms with Gasteiger partial charge in [0, 0.05) is 6.07 Å². The summed E-state index contributed by atoms with van der Waals surface area (Å²) in [7, 11) is 1.42. The first-order chi connectivity index (χ1) is 5.76. The molecule has 0 aliphatic heterocycles. The predicted molar refractivity (Wildman–Crippen MR) is 41.4 cm³/mol. The first-order valence-electron chi connectivity index (χ1n) is 2.92. The van der Waals surface area contributed by atoms with Gasteiger partial charge in [-0.3, -0.25) is 0 Å². The SMILES string of the molecule is COc1cc(Cl)nc(N=C=O)n1. The topological polar surface area (TPSA) is 64.4 Å². The van der Waals surface area contributed by atoms with Crippen molar-refractivity contribution < 1.29 is 9.53 Å². The van der Waals surface area contributed by atoms with Crippen LogP contribution in [-0.2, 0) is 4.79 Å². The summed E-state index contributed by atoms with van der Waals surface area (Å²) in [4.78, 5) is 20.3. The fourth-order valence-electron chi connectivity index (χ4n) is 0.581. The van der Waals surface area contributed by atoms with E-state index in [9.17, 15) is 4.79 Å². The predicted octanol–water partition coefficient (Wildman–Crippen LogP) is 1.11. The molecule has 1 rings (SSSR count). The summed E-state index contributed by atoms with van der Waals surface area (Å²) in [5.74, 6) is 0.193. The van der Waals surface area contributed by atoms with Crippen LogP contribution in [0.25, 0.3) is 0 Å². The van der Waals surface area contributed by atoms with Crippen molar-refractivity contribution in [3.05, 3.63) is 11.2 Å². The minimum atomic E-state index is -0.0608. The number of rotatable bonds is 2. The summed E-state index contributed by atoms with van der Waals surface area (Å²) in [6, 6.07) is 1.41. The van der Waals surface area contributed by atoms with Gasteiger partial charge >= 0.3 is 0 Å². The summed E-state index contributed by atoms with van der Waals surface area (Å²) in [5, 5.41) is 0.163. The van der Waals surface area contributed by atoms with E-state index >= 15 is 0 Å². The van der Waals surface area contributed by atoms with E-state index in [0.29, 0.717) is 0 Å². The van der Waals surface area contributed by atoms with Crippen molar-refractivity contribution in [3.63, 3.8) is 0 Å². The molecule has 0 atom stereocenters. The van der Waals surface area contributed by atoms with E-state index < -0.39 is 0 Å². The molecule has 0 N–H and O–H groups in total. The number of nitrogens with zero attached hydrogens (tertiary/aromatic N) is 3. The summed E-state index contributed by atoms with van der Waals surface area (Å²) < 4.78 is 4.76. The van der Waals surface area contributed by atoms with Gasteiger partial charge in [-0.25, -0.2) is 4.79 Å². The Balaban J connectivity index is 3.14. The van der Waals surface area contributed by atoms with Crippen molar-refractivity contribution in [1.82, 2.24) is 9.97 Å². The highest BCUT2D eigenvalue weighted by molar-refractivity contribution is 6.29. The first kappa shape index (κ1) is 8.64. The molecular formula is C6H4ClN3O2. The van der Waals surface area contributed by atoms with E-state index in [0.717, 1.165) is 0 Å². The van der Waals surface area contributed by atoms with Crippen molar-refractivity contribution in [3.8, 4) is 5.88 Å². The summed E-state index contributed by atoms with van der Waals surface area (Å²) in [6.07, 6.45) is 1.30. The first-order valence-corrected chi connectivity index (χ1v) is 3.30. The molecule has 0 spiro atoms. The summed E-state index contributed by atoms with van der Waals surface area (Å²) >= 11 is 5.54. The Kier molecular flexibility index (Phi) is 2.74. The zero-order valence-electron chi connectivity index (χ0n) is 6.11. The lowest BCUT2D eigenvalue weighted by Crippen LogP contribution is -1.89. The van der Waals surface area contributed by atoms with Crippen LogP contribution in [0.15, 0.2) is 11.1 Å². The number of isocyanates is 1. The highest BCUT2D eigenvalue weighted by atomic mass is 35.5. The molecule has 0 saturated carbocycles. The lowest BCUT2D eigenvalue weighted by molar-refractivity contribution is 0.397. The molecule has 0 unspecified atom stereocenters. The molecule has 0 amide bonds. The van der Waals surface area contributed by atoms with E-state index in [1.54, 1.807) is 0 Å². The number of halogens is 1. The molecule has 0 saturated heterocycles. The number of carbonyl (C=O) groups excluding carboxylic acids is 1. The van der Waals surface area contributed by atoms with E-state index in [-0.39, 0.29) is 17.0 Å². The van der Waals surface area contributed by atoms with Crippen LogP contribution in [0.2, 0.25) is 5.15 Å². The van der Waals surface area contributed by atoms with Gasteiger partial charge < -0.3 is 4.74 Å². The Bertz CT molecular complexity index is 336. The highest BCUT2D eigenvalue weighted by Gasteiger charge is 2.00. The van der Waals surface area contributed by atoms with E-state index in [1.807, 2.05) is 0 Å².